The Hall–Kier alpha value is -1.93. The summed E-state index contributed by atoms with van der Waals surface area (Å²) in [5.41, 5.74) is 2.67. The Bertz CT molecular complexity index is 1040. The van der Waals surface area contributed by atoms with Crippen LogP contribution >= 0.6 is 11.6 Å². The summed E-state index contributed by atoms with van der Waals surface area (Å²) in [5.74, 6) is 0.0386. The van der Waals surface area contributed by atoms with Gasteiger partial charge in [-0.3, -0.25) is 9.69 Å². The van der Waals surface area contributed by atoms with Gasteiger partial charge >= 0.3 is 0 Å². The van der Waals surface area contributed by atoms with E-state index in [1.165, 1.54) is 21.5 Å². The van der Waals surface area contributed by atoms with Crippen LogP contribution in [0.4, 0.5) is 0 Å². The highest BCUT2D eigenvalue weighted by Gasteiger charge is 2.32. The number of carbonyl (C=O) groups excluding carboxylic acids is 1. The number of carbonyl (C=O) groups is 1. The molecule has 2 aliphatic rings. The molecule has 30 heavy (non-hydrogen) atoms. The summed E-state index contributed by atoms with van der Waals surface area (Å²) in [4.78, 5) is 16.8. The van der Waals surface area contributed by atoms with Crippen LogP contribution in [-0.4, -0.2) is 68.2 Å². The van der Waals surface area contributed by atoms with Crippen molar-refractivity contribution in [2.75, 3.05) is 39.8 Å². The summed E-state index contributed by atoms with van der Waals surface area (Å²) in [6.07, 6.45) is 2.06. The van der Waals surface area contributed by atoms with Crippen molar-refractivity contribution in [2.24, 2.45) is 0 Å². The maximum Gasteiger partial charge on any atom is 0.244 e. The van der Waals surface area contributed by atoms with E-state index in [2.05, 4.69) is 23.1 Å². The van der Waals surface area contributed by atoms with E-state index in [0.29, 0.717) is 19.6 Å². The monoisotopic (exact) mass is 447 g/mol. The average Bonchev–Trinajstić information content (AvgIpc) is 3.18. The van der Waals surface area contributed by atoms with E-state index < -0.39 is 10.0 Å². The van der Waals surface area contributed by atoms with E-state index in [4.69, 9.17) is 11.6 Å². The van der Waals surface area contributed by atoms with Gasteiger partial charge in [0, 0.05) is 32.2 Å². The number of halogens is 1. The minimum atomic E-state index is -3.66. The molecule has 1 atom stereocenters. The average molecular weight is 448 g/mol. The van der Waals surface area contributed by atoms with E-state index in [0.717, 1.165) is 12.8 Å². The molecule has 1 aliphatic carbocycles. The molecule has 0 radical (unpaired) electrons. The molecule has 1 heterocycles. The van der Waals surface area contributed by atoms with Crippen LogP contribution in [0.1, 0.15) is 23.6 Å². The first-order valence-electron chi connectivity index (χ1n) is 10.2. The Kier molecular flexibility index (Phi) is 6.16. The lowest BCUT2D eigenvalue weighted by molar-refractivity contribution is -0.133. The number of fused-ring (bicyclic) bond motifs is 1. The van der Waals surface area contributed by atoms with E-state index in [9.17, 15) is 13.2 Å². The van der Waals surface area contributed by atoms with Crippen molar-refractivity contribution in [3.05, 3.63) is 64.7 Å². The van der Waals surface area contributed by atoms with Gasteiger partial charge in [0.25, 0.3) is 0 Å². The Morgan fingerprint density at radius 3 is 2.47 bits per heavy atom. The van der Waals surface area contributed by atoms with Gasteiger partial charge in [0.05, 0.1) is 11.6 Å². The normalized spacial score (nSPS) is 19.8. The molecule has 1 unspecified atom stereocenters. The molecular formula is C22H26ClN3O3S. The van der Waals surface area contributed by atoms with Crippen molar-refractivity contribution in [1.82, 2.24) is 14.1 Å². The van der Waals surface area contributed by atoms with Crippen LogP contribution in [-0.2, 0) is 21.2 Å². The van der Waals surface area contributed by atoms with Gasteiger partial charge in [0.1, 0.15) is 4.90 Å². The summed E-state index contributed by atoms with van der Waals surface area (Å²) in [7, 11) is -1.67. The zero-order valence-electron chi connectivity index (χ0n) is 17.0. The Labute approximate surface area is 183 Å². The summed E-state index contributed by atoms with van der Waals surface area (Å²) >= 11 is 6.09. The summed E-state index contributed by atoms with van der Waals surface area (Å²) < 4.78 is 27.2. The summed E-state index contributed by atoms with van der Waals surface area (Å²) in [6.45, 7) is 1.65. The van der Waals surface area contributed by atoms with Crippen LogP contribution in [0.5, 0.6) is 0 Å². The molecule has 1 saturated heterocycles. The molecule has 0 bridgehead atoms. The topological polar surface area (TPSA) is 60.9 Å². The van der Waals surface area contributed by atoms with Crippen LogP contribution in [0.2, 0.25) is 5.02 Å². The minimum Gasteiger partial charge on any atom is -0.339 e. The van der Waals surface area contributed by atoms with Crippen molar-refractivity contribution in [1.29, 1.82) is 0 Å². The van der Waals surface area contributed by atoms with Crippen molar-refractivity contribution < 1.29 is 13.2 Å². The van der Waals surface area contributed by atoms with E-state index in [1.807, 2.05) is 13.1 Å². The second-order valence-corrected chi connectivity index (χ2v) is 10.2. The van der Waals surface area contributed by atoms with Gasteiger partial charge in [-0.05, 0) is 43.1 Å². The first-order valence-corrected chi connectivity index (χ1v) is 12.0. The third-order valence-electron chi connectivity index (χ3n) is 6.06. The van der Waals surface area contributed by atoms with Gasteiger partial charge in [0.2, 0.25) is 15.9 Å². The maximum atomic E-state index is 12.9. The number of nitrogens with zero attached hydrogens (tertiary/aromatic N) is 3. The fraction of sp³-hybridized carbons (Fsp3) is 0.409. The standard InChI is InChI=1S/C22H26ClN3O3S/c1-24(20-11-10-17-6-2-3-7-18(17)20)16-22(27)25-12-14-26(15-13-25)30(28,29)21-9-5-4-8-19(21)23/h2-9,20H,10-16H2,1H3. The van der Waals surface area contributed by atoms with Gasteiger partial charge in [0.15, 0.2) is 0 Å². The molecule has 0 spiro atoms. The number of hydrogen-bond acceptors (Lipinski definition) is 4. The van der Waals surface area contributed by atoms with Crippen LogP contribution < -0.4 is 0 Å². The van der Waals surface area contributed by atoms with Crippen molar-refractivity contribution in [3.63, 3.8) is 0 Å². The number of rotatable bonds is 5. The third kappa shape index (κ3) is 4.12. The minimum absolute atomic E-state index is 0.0386. The number of piperazine rings is 1. The zero-order chi connectivity index (χ0) is 21.3. The highest BCUT2D eigenvalue weighted by atomic mass is 35.5. The van der Waals surface area contributed by atoms with Gasteiger partial charge in [-0.2, -0.15) is 4.31 Å². The molecule has 0 saturated carbocycles. The smallest absolute Gasteiger partial charge is 0.244 e. The molecule has 1 fully saturated rings. The maximum absolute atomic E-state index is 12.9. The van der Waals surface area contributed by atoms with Gasteiger partial charge in [-0.1, -0.05) is 48.0 Å². The lowest BCUT2D eigenvalue weighted by atomic mass is 10.1. The summed E-state index contributed by atoms with van der Waals surface area (Å²) in [5, 5.41) is 0.217. The molecule has 0 aromatic heterocycles. The fourth-order valence-corrected chi connectivity index (χ4v) is 6.30. The zero-order valence-corrected chi connectivity index (χ0v) is 18.6. The molecule has 6 nitrogen and oxygen atoms in total. The predicted octanol–water partition coefficient (Wildman–Crippen LogP) is 2.79. The molecule has 2 aromatic carbocycles. The lowest BCUT2D eigenvalue weighted by Gasteiger charge is -2.35. The molecule has 160 valence electrons. The summed E-state index contributed by atoms with van der Waals surface area (Å²) in [6, 6.07) is 15.1. The highest BCUT2D eigenvalue weighted by molar-refractivity contribution is 7.89. The lowest BCUT2D eigenvalue weighted by Crippen LogP contribution is -2.52. The van der Waals surface area contributed by atoms with Crippen LogP contribution in [0, 0.1) is 0 Å². The van der Waals surface area contributed by atoms with Gasteiger partial charge in [-0.25, -0.2) is 8.42 Å². The SMILES string of the molecule is CN(CC(=O)N1CCN(S(=O)(=O)c2ccccc2Cl)CC1)C1CCc2ccccc21. The molecule has 0 N–H and O–H groups in total. The Morgan fingerprint density at radius 1 is 1.07 bits per heavy atom. The predicted molar refractivity (Wildman–Crippen MR) is 117 cm³/mol. The molecule has 8 heteroatoms. The van der Waals surface area contributed by atoms with Crippen molar-refractivity contribution in [3.8, 4) is 0 Å². The van der Waals surface area contributed by atoms with Crippen molar-refractivity contribution in [2.45, 2.75) is 23.8 Å². The number of hydrogen-bond donors (Lipinski definition) is 0. The number of sulfonamides is 1. The molecule has 1 amide bonds. The first kappa shape index (κ1) is 21.3. The van der Waals surface area contributed by atoms with Crippen LogP contribution in [0.3, 0.4) is 0 Å². The van der Waals surface area contributed by atoms with Crippen molar-refractivity contribution >= 4 is 27.5 Å². The van der Waals surface area contributed by atoms with E-state index in [-0.39, 0.29) is 35.0 Å². The Morgan fingerprint density at radius 2 is 1.73 bits per heavy atom. The van der Waals surface area contributed by atoms with Crippen LogP contribution in [0.15, 0.2) is 53.4 Å². The third-order valence-corrected chi connectivity index (χ3v) is 8.46. The Balaban J connectivity index is 1.35. The van der Waals surface area contributed by atoms with E-state index >= 15 is 0 Å². The number of likely N-dealkylation sites (N-methyl/N-ethyl adjacent to an activating group) is 1. The number of benzene rings is 2. The molecule has 2 aromatic rings. The van der Waals surface area contributed by atoms with E-state index in [1.54, 1.807) is 23.1 Å². The fourth-order valence-electron chi connectivity index (χ4n) is 4.39. The van der Waals surface area contributed by atoms with Crippen LogP contribution in [0.25, 0.3) is 0 Å². The van der Waals surface area contributed by atoms with Gasteiger partial charge < -0.3 is 4.90 Å². The quantitative estimate of drug-likeness (QED) is 0.707. The molecule has 4 rings (SSSR count). The van der Waals surface area contributed by atoms with Gasteiger partial charge in [-0.15, -0.1) is 0 Å². The highest BCUT2D eigenvalue weighted by Crippen LogP contribution is 2.34. The molecular weight excluding hydrogens is 422 g/mol. The number of amides is 1. The molecule has 1 aliphatic heterocycles. The second kappa shape index (κ2) is 8.67. The second-order valence-electron chi connectivity index (χ2n) is 7.88. The largest absolute Gasteiger partial charge is 0.339 e. The number of aryl methyl sites for hydroxylation is 1. The first-order chi connectivity index (χ1) is 14.4.